The van der Waals surface area contributed by atoms with Crippen LogP contribution in [0.1, 0.15) is 23.5 Å². The van der Waals surface area contributed by atoms with Crippen LogP contribution >= 0.6 is 0 Å². The summed E-state index contributed by atoms with van der Waals surface area (Å²) in [6.07, 6.45) is 1.07. The van der Waals surface area contributed by atoms with E-state index in [2.05, 4.69) is 0 Å². The van der Waals surface area contributed by atoms with Crippen LogP contribution in [0, 0.1) is 23.0 Å². The molecule has 2 rings (SSSR count). The Kier molecular flexibility index (Phi) is 2.44. The van der Waals surface area contributed by atoms with Crippen LogP contribution in [0.4, 0.5) is 5.69 Å². The van der Waals surface area contributed by atoms with Crippen LogP contribution in [0.5, 0.6) is 0 Å². The lowest BCUT2D eigenvalue weighted by molar-refractivity contribution is -0.384. The predicted octanol–water partition coefficient (Wildman–Crippen LogP) is 1.97. The van der Waals surface area contributed by atoms with E-state index in [4.69, 9.17) is 5.73 Å². The summed E-state index contributed by atoms with van der Waals surface area (Å²) >= 11 is 0. The van der Waals surface area contributed by atoms with Crippen LogP contribution < -0.4 is 5.73 Å². The van der Waals surface area contributed by atoms with Gasteiger partial charge in [-0.05, 0) is 42.9 Å². The predicted molar refractivity (Wildman–Crippen MR) is 57.7 cm³/mol. The maximum Gasteiger partial charge on any atom is 0.269 e. The first kappa shape index (κ1) is 10.1. The summed E-state index contributed by atoms with van der Waals surface area (Å²) < 4.78 is 0. The molecule has 0 heterocycles. The third-order valence-corrected chi connectivity index (χ3v) is 3.10. The Labute approximate surface area is 88.2 Å². The standard InChI is InChI=1S/C11H14N2O2/c1-7-2-3-9(13(14)15)5-10(7)11-4-8(11)6-12/h2-3,5,8,11H,4,6,12H2,1H3/t8-,11+/m0/s1. The topological polar surface area (TPSA) is 69.2 Å². The molecule has 0 unspecified atom stereocenters. The summed E-state index contributed by atoms with van der Waals surface area (Å²) in [6, 6.07) is 5.06. The van der Waals surface area contributed by atoms with Gasteiger partial charge in [0.25, 0.3) is 5.69 Å². The third kappa shape index (κ3) is 1.85. The van der Waals surface area contributed by atoms with E-state index in [1.807, 2.05) is 13.0 Å². The van der Waals surface area contributed by atoms with E-state index in [9.17, 15) is 10.1 Å². The number of nitro benzene ring substituents is 1. The molecule has 15 heavy (non-hydrogen) atoms. The van der Waals surface area contributed by atoms with Gasteiger partial charge in [-0.2, -0.15) is 0 Å². The second kappa shape index (κ2) is 3.62. The van der Waals surface area contributed by atoms with E-state index in [1.54, 1.807) is 12.1 Å². The van der Waals surface area contributed by atoms with Gasteiger partial charge in [-0.3, -0.25) is 10.1 Å². The van der Waals surface area contributed by atoms with Gasteiger partial charge in [-0.25, -0.2) is 0 Å². The highest BCUT2D eigenvalue weighted by Gasteiger charge is 2.38. The Morgan fingerprint density at radius 2 is 2.33 bits per heavy atom. The summed E-state index contributed by atoms with van der Waals surface area (Å²) in [5, 5.41) is 10.6. The van der Waals surface area contributed by atoms with Crippen molar-refractivity contribution in [3.05, 3.63) is 39.4 Å². The first-order chi connectivity index (χ1) is 7.13. The summed E-state index contributed by atoms with van der Waals surface area (Å²) in [7, 11) is 0. The molecule has 80 valence electrons. The van der Waals surface area contributed by atoms with Crippen LogP contribution in [0.15, 0.2) is 18.2 Å². The number of non-ortho nitro benzene ring substituents is 1. The Balaban J connectivity index is 2.30. The molecule has 1 saturated carbocycles. The lowest BCUT2D eigenvalue weighted by atomic mass is 10.0. The normalized spacial score (nSPS) is 23.9. The van der Waals surface area contributed by atoms with Crippen LogP contribution in [0.25, 0.3) is 0 Å². The SMILES string of the molecule is Cc1ccc([N+](=O)[O-])cc1[C@@H]1C[C@H]1CN. The van der Waals surface area contributed by atoms with Gasteiger partial charge >= 0.3 is 0 Å². The van der Waals surface area contributed by atoms with Crippen LogP contribution in [0.2, 0.25) is 0 Å². The van der Waals surface area contributed by atoms with Crippen molar-refractivity contribution in [3.63, 3.8) is 0 Å². The monoisotopic (exact) mass is 206 g/mol. The molecule has 0 radical (unpaired) electrons. The average Bonchev–Trinajstić information content (AvgIpc) is 2.97. The Hall–Kier alpha value is -1.42. The fraction of sp³-hybridized carbons (Fsp3) is 0.455. The molecule has 1 aliphatic rings. The number of benzene rings is 1. The molecule has 4 nitrogen and oxygen atoms in total. The molecule has 0 spiro atoms. The number of nitrogens with zero attached hydrogens (tertiary/aromatic N) is 1. The number of nitrogens with two attached hydrogens (primary N) is 1. The molecule has 0 amide bonds. The Morgan fingerprint density at radius 3 is 2.87 bits per heavy atom. The average molecular weight is 206 g/mol. The van der Waals surface area contributed by atoms with Crippen molar-refractivity contribution < 1.29 is 4.92 Å². The van der Waals surface area contributed by atoms with Gasteiger partial charge < -0.3 is 5.73 Å². The van der Waals surface area contributed by atoms with Gasteiger partial charge in [0.15, 0.2) is 0 Å². The number of aryl methyl sites for hydroxylation is 1. The maximum atomic E-state index is 10.6. The molecule has 0 aliphatic heterocycles. The van der Waals surface area contributed by atoms with Gasteiger partial charge in [0, 0.05) is 12.1 Å². The zero-order chi connectivity index (χ0) is 11.0. The van der Waals surface area contributed by atoms with Gasteiger partial charge in [0.05, 0.1) is 4.92 Å². The maximum absolute atomic E-state index is 10.6. The van der Waals surface area contributed by atoms with E-state index in [1.165, 1.54) is 0 Å². The van der Waals surface area contributed by atoms with E-state index >= 15 is 0 Å². The minimum atomic E-state index is -0.344. The summed E-state index contributed by atoms with van der Waals surface area (Å²) in [5.41, 5.74) is 7.98. The fourth-order valence-corrected chi connectivity index (χ4v) is 2.03. The number of hydrogen-bond acceptors (Lipinski definition) is 3. The Bertz CT molecular complexity index is 404. The highest BCUT2D eigenvalue weighted by atomic mass is 16.6. The summed E-state index contributed by atoms with van der Waals surface area (Å²) in [5.74, 6) is 0.959. The minimum Gasteiger partial charge on any atom is -0.330 e. The van der Waals surface area contributed by atoms with Crippen molar-refractivity contribution >= 4 is 5.69 Å². The lowest BCUT2D eigenvalue weighted by Crippen LogP contribution is -2.02. The molecular formula is C11H14N2O2. The largest absolute Gasteiger partial charge is 0.330 e. The van der Waals surface area contributed by atoms with Gasteiger partial charge in [-0.1, -0.05) is 6.07 Å². The molecule has 1 fully saturated rings. The minimum absolute atomic E-state index is 0.179. The molecule has 0 saturated heterocycles. The van der Waals surface area contributed by atoms with Crippen LogP contribution in [0.3, 0.4) is 0 Å². The van der Waals surface area contributed by atoms with E-state index in [0.29, 0.717) is 18.4 Å². The number of hydrogen-bond donors (Lipinski definition) is 1. The Morgan fingerprint density at radius 1 is 1.60 bits per heavy atom. The van der Waals surface area contributed by atoms with E-state index < -0.39 is 0 Å². The van der Waals surface area contributed by atoms with Crippen molar-refractivity contribution in [1.82, 2.24) is 0 Å². The van der Waals surface area contributed by atoms with E-state index in [-0.39, 0.29) is 10.6 Å². The third-order valence-electron chi connectivity index (χ3n) is 3.10. The van der Waals surface area contributed by atoms with Crippen molar-refractivity contribution in [2.45, 2.75) is 19.3 Å². The van der Waals surface area contributed by atoms with Crippen molar-refractivity contribution in [2.75, 3.05) is 6.54 Å². The zero-order valence-electron chi connectivity index (χ0n) is 8.64. The summed E-state index contributed by atoms with van der Waals surface area (Å²) in [4.78, 5) is 10.3. The molecule has 0 bridgehead atoms. The van der Waals surface area contributed by atoms with Crippen LogP contribution in [-0.2, 0) is 0 Å². The number of nitro groups is 1. The zero-order valence-corrected chi connectivity index (χ0v) is 8.64. The van der Waals surface area contributed by atoms with Crippen LogP contribution in [-0.4, -0.2) is 11.5 Å². The van der Waals surface area contributed by atoms with Gasteiger partial charge in [0.2, 0.25) is 0 Å². The van der Waals surface area contributed by atoms with Crippen molar-refractivity contribution in [1.29, 1.82) is 0 Å². The van der Waals surface area contributed by atoms with Gasteiger partial charge in [0.1, 0.15) is 0 Å². The first-order valence-electron chi connectivity index (χ1n) is 5.08. The number of rotatable bonds is 3. The second-order valence-corrected chi connectivity index (χ2v) is 4.14. The van der Waals surface area contributed by atoms with Gasteiger partial charge in [-0.15, -0.1) is 0 Å². The quantitative estimate of drug-likeness (QED) is 0.607. The molecular weight excluding hydrogens is 192 g/mol. The van der Waals surface area contributed by atoms with Crippen molar-refractivity contribution in [2.24, 2.45) is 11.7 Å². The molecule has 2 atom stereocenters. The second-order valence-electron chi connectivity index (χ2n) is 4.14. The molecule has 1 aromatic rings. The van der Waals surface area contributed by atoms with E-state index in [0.717, 1.165) is 17.5 Å². The fourth-order valence-electron chi connectivity index (χ4n) is 2.03. The molecule has 0 aromatic heterocycles. The summed E-state index contributed by atoms with van der Waals surface area (Å²) in [6.45, 7) is 2.66. The highest BCUT2D eigenvalue weighted by Crippen LogP contribution is 2.48. The lowest BCUT2D eigenvalue weighted by Gasteiger charge is -2.04. The molecule has 4 heteroatoms. The van der Waals surface area contributed by atoms with Crippen molar-refractivity contribution in [3.8, 4) is 0 Å². The molecule has 1 aromatic carbocycles. The molecule has 2 N–H and O–H groups in total. The highest BCUT2D eigenvalue weighted by molar-refractivity contribution is 5.43. The smallest absolute Gasteiger partial charge is 0.269 e. The molecule has 1 aliphatic carbocycles. The first-order valence-corrected chi connectivity index (χ1v) is 5.08.